The Balaban J connectivity index is 1.57. The first kappa shape index (κ1) is 16.2. The molecule has 1 aliphatic rings. The van der Waals surface area contributed by atoms with Crippen molar-refractivity contribution >= 4 is 0 Å². The molecule has 0 aromatic heterocycles. The van der Waals surface area contributed by atoms with E-state index >= 15 is 0 Å². The first-order chi connectivity index (χ1) is 11.6. The smallest absolute Gasteiger partial charge is 0.123 e. The third kappa shape index (κ3) is 4.22. The van der Waals surface area contributed by atoms with Crippen LogP contribution in [0.3, 0.4) is 0 Å². The van der Waals surface area contributed by atoms with Crippen molar-refractivity contribution in [3.8, 4) is 0 Å². The van der Waals surface area contributed by atoms with Crippen LogP contribution in [0, 0.1) is 11.6 Å². The number of hydrogen-bond donors (Lipinski definition) is 0. The van der Waals surface area contributed by atoms with Crippen LogP contribution in [0.1, 0.15) is 18.1 Å². The SMILES string of the molecule is CC1=CN(Cc2cccc(F)c2)CC=C1OCc1ccc(F)cc1. The molecule has 0 saturated heterocycles. The molecule has 0 saturated carbocycles. The van der Waals surface area contributed by atoms with Crippen molar-refractivity contribution in [3.05, 3.63) is 94.9 Å². The highest BCUT2D eigenvalue weighted by Gasteiger charge is 2.12. The molecule has 24 heavy (non-hydrogen) atoms. The van der Waals surface area contributed by atoms with Crippen molar-refractivity contribution in [1.82, 2.24) is 4.90 Å². The average Bonchev–Trinajstić information content (AvgIpc) is 2.56. The minimum atomic E-state index is -0.250. The van der Waals surface area contributed by atoms with Crippen molar-refractivity contribution in [3.63, 3.8) is 0 Å². The van der Waals surface area contributed by atoms with Crippen LogP contribution in [0.4, 0.5) is 8.78 Å². The molecule has 2 aromatic carbocycles. The standard InChI is InChI=1S/C20H19F2NO/c1-15-12-23(13-17-3-2-4-19(22)11-17)10-9-20(15)24-14-16-5-7-18(21)8-6-16/h2-9,11-12H,10,13-14H2,1H3. The molecule has 0 bridgehead atoms. The maximum atomic E-state index is 13.3. The van der Waals surface area contributed by atoms with Crippen LogP contribution in [-0.4, -0.2) is 11.4 Å². The van der Waals surface area contributed by atoms with Crippen LogP contribution < -0.4 is 0 Å². The van der Waals surface area contributed by atoms with Gasteiger partial charge in [-0.15, -0.1) is 0 Å². The molecule has 2 nitrogen and oxygen atoms in total. The van der Waals surface area contributed by atoms with Crippen molar-refractivity contribution in [2.45, 2.75) is 20.1 Å². The summed E-state index contributed by atoms with van der Waals surface area (Å²) >= 11 is 0. The molecule has 0 amide bonds. The minimum absolute atomic E-state index is 0.218. The van der Waals surface area contributed by atoms with Crippen molar-refractivity contribution in [2.24, 2.45) is 0 Å². The van der Waals surface area contributed by atoms with Gasteiger partial charge in [0.25, 0.3) is 0 Å². The predicted molar refractivity (Wildman–Crippen MR) is 89.8 cm³/mol. The highest BCUT2D eigenvalue weighted by molar-refractivity contribution is 5.28. The number of benzene rings is 2. The van der Waals surface area contributed by atoms with Gasteiger partial charge in [-0.2, -0.15) is 0 Å². The fourth-order valence-corrected chi connectivity index (χ4v) is 2.65. The second-order valence-corrected chi connectivity index (χ2v) is 5.85. The second-order valence-electron chi connectivity index (χ2n) is 5.85. The Morgan fingerprint density at radius 2 is 1.79 bits per heavy atom. The summed E-state index contributed by atoms with van der Waals surface area (Å²) in [6.07, 6.45) is 4.03. The quantitative estimate of drug-likeness (QED) is 0.783. The van der Waals surface area contributed by atoms with E-state index in [9.17, 15) is 8.78 Å². The molecule has 0 spiro atoms. The fraction of sp³-hybridized carbons (Fsp3) is 0.200. The Bertz CT molecular complexity index is 765. The molecule has 1 aliphatic heterocycles. The summed E-state index contributed by atoms with van der Waals surface area (Å²) < 4.78 is 32.0. The normalized spacial score (nSPS) is 14.2. The van der Waals surface area contributed by atoms with E-state index in [1.54, 1.807) is 24.3 Å². The zero-order chi connectivity index (χ0) is 16.9. The Labute approximate surface area is 140 Å². The summed E-state index contributed by atoms with van der Waals surface area (Å²) in [5.41, 5.74) is 2.87. The molecule has 0 fully saturated rings. The van der Waals surface area contributed by atoms with Crippen LogP contribution in [-0.2, 0) is 17.9 Å². The summed E-state index contributed by atoms with van der Waals surface area (Å²) in [6.45, 7) is 3.73. The third-order valence-corrected chi connectivity index (χ3v) is 3.86. The molecule has 2 aromatic rings. The highest BCUT2D eigenvalue weighted by Crippen LogP contribution is 2.20. The van der Waals surface area contributed by atoms with Gasteiger partial charge in [-0.1, -0.05) is 24.3 Å². The van der Waals surface area contributed by atoms with Crippen molar-refractivity contribution in [1.29, 1.82) is 0 Å². The predicted octanol–water partition coefficient (Wildman–Crippen LogP) is 4.78. The molecule has 1 heterocycles. The Kier molecular flexibility index (Phi) is 4.94. The number of hydrogen-bond acceptors (Lipinski definition) is 2. The van der Waals surface area contributed by atoms with E-state index in [0.717, 1.165) is 22.5 Å². The first-order valence-corrected chi connectivity index (χ1v) is 7.85. The number of allylic oxidation sites excluding steroid dienone is 1. The second kappa shape index (κ2) is 7.30. The van der Waals surface area contributed by atoms with E-state index in [2.05, 4.69) is 4.90 Å². The van der Waals surface area contributed by atoms with Crippen LogP contribution in [0.25, 0.3) is 0 Å². The van der Waals surface area contributed by atoms with Crippen LogP contribution in [0.2, 0.25) is 0 Å². The highest BCUT2D eigenvalue weighted by atomic mass is 19.1. The average molecular weight is 327 g/mol. The lowest BCUT2D eigenvalue weighted by Gasteiger charge is -2.25. The van der Waals surface area contributed by atoms with Gasteiger partial charge in [0.2, 0.25) is 0 Å². The molecule has 4 heteroatoms. The summed E-state index contributed by atoms with van der Waals surface area (Å²) in [6, 6.07) is 12.9. The van der Waals surface area contributed by atoms with Gasteiger partial charge in [0, 0.05) is 24.9 Å². The van der Waals surface area contributed by atoms with Gasteiger partial charge < -0.3 is 9.64 Å². The molecule has 0 unspecified atom stereocenters. The Morgan fingerprint density at radius 3 is 2.50 bits per heavy atom. The van der Waals surface area contributed by atoms with E-state index in [1.807, 2.05) is 25.3 Å². The zero-order valence-electron chi connectivity index (χ0n) is 13.5. The minimum Gasteiger partial charge on any atom is -0.489 e. The van der Waals surface area contributed by atoms with Crippen LogP contribution >= 0.6 is 0 Å². The largest absolute Gasteiger partial charge is 0.489 e. The van der Waals surface area contributed by atoms with Crippen LogP contribution in [0.5, 0.6) is 0 Å². The van der Waals surface area contributed by atoms with E-state index in [0.29, 0.717) is 19.7 Å². The van der Waals surface area contributed by atoms with Crippen molar-refractivity contribution in [2.75, 3.05) is 6.54 Å². The molecule has 124 valence electrons. The first-order valence-electron chi connectivity index (χ1n) is 7.85. The van der Waals surface area contributed by atoms with Gasteiger partial charge in [0.15, 0.2) is 0 Å². The molecule has 0 aliphatic carbocycles. The van der Waals surface area contributed by atoms with Gasteiger partial charge in [-0.05, 0) is 48.4 Å². The van der Waals surface area contributed by atoms with E-state index in [1.165, 1.54) is 18.2 Å². The Hall–Kier alpha value is -2.62. The maximum absolute atomic E-state index is 13.3. The molecule has 0 atom stereocenters. The topological polar surface area (TPSA) is 12.5 Å². The van der Waals surface area contributed by atoms with E-state index in [4.69, 9.17) is 4.74 Å². The molecule has 0 radical (unpaired) electrons. The van der Waals surface area contributed by atoms with Gasteiger partial charge in [0.1, 0.15) is 24.0 Å². The molecular formula is C20H19F2NO. The summed E-state index contributed by atoms with van der Waals surface area (Å²) in [5, 5.41) is 0. The van der Waals surface area contributed by atoms with Gasteiger partial charge in [0.05, 0.1) is 0 Å². The van der Waals surface area contributed by atoms with E-state index in [-0.39, 0.29) is 11.6 Å². The third-order valence-electron chi connectivity index (χ3n) is 3.86. The lowest BCUT2D eigenvalue weighted by molar-refractivity contribution is 0.199. The molecule has 3 rings (SSSR count). The lowest BCUT2D eigenvalue weighted by atomic mass is 10.1. The summed E-state index contributed by atoms with van der Waals surface area (Å²) in [4.78, 5) is 2.11. The van der Waals surface area contributed by atoms with Crippen LogP contribution in [0.15, 0.2) is 72.1 Å². The van der Waals surface area contributed by atoms with Crippen molar-refractivity contribution < 1.29 is 13.5 Å². The summed E-state index contributed by atoms with van der Waals surface area (Å²) in [7, 11) is 0. The molecular weight excluding hydrogens is 308 g/mol. The zero-order valence-corrected chi connectivity index (χ0v) is 13.5. The van der Waals surface area contributed by atoms with Gasteiger partial charge in [-0.25, -0.2) is 8.78 Å². The van der Waals surface area contributed by atoms with Gasteiger partial charge in [-0.3, -0.25) is 0 Å². The number of ether oxygens (including phenoxy) is 1. The monoisotopic (exact) mass is 327 g/mol. The Morgan fingerprint density at radius 1 is 1.00 bits per heavy atom. The van der Waals surface area contributed by atoms with E-state index < -0.39 is 0 Å². The van der Waals surface area contributed by atoms with Gasteiger partial charge >= 0.3 is 0 Å². The number of nitrogens with zero attached hydrogens (tertiary/aromatic N) is 1. The maximum Gasteiger partial charge on any atom is 0.123 e. The summed E-state index contributed by atoms with van der Waals surface area (Å²) in [5.74, 6) is 0.360. The number of rotatable bonds is 5. The fourth-order valence-electron chi connectivity index (χ4n) is 2.65. The molecule has 0 N–H and O–H groups in total. The lowest BCUT2D eigenvalue weighted by Crippen LogP contribution is -2.21. The number of halogens is 2.